The number of nitrogens with two attached hydrogens (primary N) is 1. The highest BCUT2D eigenvalue weighted by Crippen LogP contribution is 2.47. The van der Waals surface area contributed by atoms with E-state index in [2.05, 4.69) is 34.5 Å². The monoisotopic (exact) mass is 299 g/mol. The van der Waals surface area contributed by atoms with E-state index in [9.17, 15) is 4.79 Å². The molecule has 118 valence electrons. The van der Waals surface area contributed by atoms with Gasteiger partial charge in [0.15, 0.2) is 0 Å². The van der Waals surface area contributed by atoms with Crippen LogP contribution < -0.4 is 16.0 Å². The molecule has 1 aromatic rings. The van der Waals surface area contributed by atoms with Crippen LogP contribution in [0, 0.1) is 17.8 Å². The van der Waals surface area contributed by atoms with Crippen LogP contribution in [0.2, 0.25) is 0 Å². The molecule has 1 aromatic carbocycles. The highest BCUT2D eigenvalue weighted by atomic mass is 16.2. The van der Waals surface area contributed by atoms with Crippen LogP contribution in [0.15, 0.2) is 30.3 Å². The Morgan fingerprint density at radius 1 is 1.14 bits per heavy atom. The molecule has 4 heteroatoms. The summed E-state index contributed by atoms with van der Waals surface area (Å²) in [5.74, 6) is 1.39. The van der Waals surface area contributed by atoms with Crippen LogP contribution in [-0.4, -0.2) is 31.1 Å². The van der Waals surface area contributed by atoms with Crippen molar-refractivity contribution in [3.8, 4) is 0 Å². The smallest absolute Gasteiger partial charge is 0.225 e. The number of nitrogens with zero attached hydrogens (tertiary/aromatic N) is 1. The highest BCUT2D eigenvalue weighted by molar-refractivity contribution is 5.81. The molecule has 3 N–H and O–H groups in total. The number of anilines is 1. The number of hydrogen-bond acceptors (Lipinski definition) is 3. The fraction of sp³-hybridized carbons (Fsp3) is 0.611. The summed E-state index contributed by atoms with van der Waals surface area (Å²) >= 11 is 0. The van der Waals surface area contributed by atoms with Crippen LogP contribution in [0.1, 0.15) is 25.7 Å². The standard InChI is InChI=1S/C18H25N3O/c19-17-13-7-6-12(10-13)16(17)18(22)20-14-8-9-21(11-14)15-4-2-1-3-5-15/h1-5,12-14,16-17H,6-11,19H2,(H,20,22). The van der Waals surface area contributed by atoms with E-state index in [0.717, 1.165) is 19.5 Å². The van der Waals surface area contributed by atoms with Gasteiger partial charge in [-0.15, -0.1) is 0 Å². The number of benzene rings is 1. The van der Waals surface area contributed by atoms with Crippen LogP contribution in [0.3, 0.4) is 0 Å². The van der Waals surface area contributed by atoms with Gasteiger partial charge in [-0.2, -0.15) is 0 Å². The predicted molar refractivity (Wildman–Crippen MR) is 87.5 cm³/mol. The third-order valence-electron chi connectivity index (χ3n) is 5.94. The van der Waals surface area contributed by atoms with Crippen molar-refractivity contribution in [1.29, 1.82) is 0 Å². The number of carbonyl (C=O) groups excluding carboxylic acids is 1. The number of hydrogen-bond donors (Lipinski definition) is 2. The maximum absolute atomic E-state index is 12.6. The van der Waals surface area contributed by atoms with Gasteiger partial charge in [0.25, 0.3) is 0 Å². The molecule has 5 unspecified atom stereocenters. The van der Waals surface area contributed by atoms with Crippen LogP contribution in [0.5, 0.6) is 0 Å². The molecule has 5 atom stereocenters. The Bertz CT molecular complexity index is 545. The number of nitrogens with one attached hydrogen (secondary N) is 1. The fourth-order valence-electron chi connectivity index (χ4n) is 4.77. The minimum Gasteiger partial charge on any atom is -0.369 e. The lowest BCUT2D eigenvalue weighted by Crippen LogP contribution is -2.48. The Morgan fingerprint density at radius 3 is 2.64 bits per heavy atom. The third-order valence-corrected chi connectivity index (χ3v) is 5.94. The first-order valence-corrected chi connectivity index (χ1v) is 8.58. The van der Waals surface area contributed by atoms with Gasteiger partial charge in [0.05, 0.1) is 5.92 Å². The Labute approximate surface area is 132 Å². The topological polar surface area (TPSA) is 58.4 Å². The molecule has 0 aromatic heterocycles. The summed E-state index contributed by atoms with van der Waals surface area (Å²) in [6, 6.07) is 10.8. The van der Waals surface area contributed by atoms with Gasteiger partial charge in [0.1, 0.15) is 0 Å². The Morgan fingerprint density at radius 2 is 1.91 bits per heavy atom. The second kappa shape index (κ2) is 5.58. The van der Waals surface area contributed by atoms with Crippen molar-refractivity contribution in [2.45, 2.75) is 37.8 Å². The van der Waals surface area contributed by atoms with E-state index in [-0.39, 0.29) is 23.9 Å². The van der Waals surface area contributed by atoms with Crippen molar-refractivity contribution in [2.75, 3.05) is 18.0 Å². The molecule has 2 saturated carbocycles. The average Bonchev–Trinajstić information content (AvgIpc) is 3.23. The van der Waals surface area contributed by atoms with Gasteiger partial charge in [-0.25, -0.2) is 0 Å². The zero-order chi connectivity index (χ0) is 15.1. The van der Waals surface area contributed by atoms with Gasteiger partial charge in [0.2, 0.25) is 5.91 Å². The molecule has 1 aliphatic heterocycles. The van der Waals surface area contributed by atoms with Crippen molar-refractivity contribution in [3.05, 3.63) is 30.3 Å². The Hall–Kier alpha value is -1.55. The molecular weight excluding hydrogens is 274 g/mol. The van der Waals surface area contributed by atoms with E-state index < -0.39 is 0 Å². The first kappa shape index (κ1) is 14.1. The molecule has 0 radical (unpaired) electrons. The molecule has 3 aliphatic rings. The maximum atomic E-state index is 12.6. The van der Waals surface area contributed by atoms with Crippen molar-refractivity contribution in [1.82, 2.24) is 5.32 Å². The molecule has 22 heavy (non-hydrogen) atoms. The summed E-state index contributed by atoms with van der Waals surface area (Å²) < 4.78 is 0. The quantitative estimate of drug-likeness (QED) is 0.894. The van der Waals surface area contributed by atoms with E-state index in [1.807, 2.05) is 6.07 Å². The van der Waals surface area contributed by atoms with Crippen molar-refractivity contribution >= 4 is 11.6 Å². The summed E-state index contributed by atoms with van der Waals surface area (Å²) in [5, 5.41) is 3.28. The van der Waals surface area contributed by atoms with Gasteiger partial charge in [0, 0.05) is 30.9 Å². The number of carbonyl (C=O) groups is 1. The summed E-state index contributed by atoms with van der Waals surface area (Å²) in [5.41, 5.74) is 7.53. The van der Waals surface area contributed by atoms with Crippen LogP contribution >= 0.6 is 0 Å². The van der Waals surface area contributed by atoms with Crippen LogP contribution in [-0.2, 0) is 4.79 Å². The third kappa shape index (κ3) is 2.39. The maximum Gasteiger partial charge on any atom is 0.225 e. The van der Waals surface area contributed by atoms with E-state index in [4.69, 9.17) is 5.73 Å². The SMILES string of the molecule is NC1C2CCC(C2)C1C(=O)NC1CCN(c2ccccc2)C1. The largest absolute Gasteiger partial charge is 0.369 e. The second-order valence-corrected chi connectivity index (χ2v) is 7.21. The normalized spacial score (nSPS) is 36.8. The summed E-state index contributed by atoms with van der Waals surface area (Å²) in [4.78, 5) is 15.0. The number of amides is 1. The Kier molecular flexibility index (Phi) is 3.57. The van der Waals surface area contributed by atoms with Crippen molar-refractivity contribution < 1.29 is 4.79 Å². The molecule has 1 amide bonds. The zero-order valence-corrected chi connectivity index (χ0v) is 12.9. The lowest BCUT2D eigenvalue weighted by atomic mass is 9.84. The predicted octanol–water partition coefficient (Wildman–Crippen LogP) is 1.75. The van der Waals surface area contributed by atoms with Gasteiger partial charge in [-0.05, 0) is 49.7 Å². The molecular formula is C18H25N3O. The number of para-hydroxylation sites is 1. The number of fused-ring (bicyclic) bond motifs is 2. The van der Waals surface area contributed by atoms with Crippen molar-refractivity contribution in [3.63, 3.8) is 0 Å². The van der Waals surface area contributed by atoms with Gasteiger partial charge in [-0.1, -0.05) is 18.2 Å². The first-order valence-electron chi connectivity index (χ1n) is 8.58. The summed E-state index contributed by atoms with van der Waals surface area (Å²) in [6.07, 6.45) is 4.61. The van der Waals surface area contributed by atoms with Gasteiger partial charge in [-0.3, -0.25) is 4.79 Å². The summed E-state index contributed by atoms with van der Waals surface area (Å²) in [7, 11) is 0. The summed E-state index contributed by atoms with van der Waals surface area (Å²) in [6.45, 7) is 1.92. The van der Waals surface area contributed by atoms with Crippen LogP contribution in [0.4, 0.5) is 5.69 Å². The van der Waals surface area contributed by atoms with E-state index in [0.29, 0.717) is 11.8 Å². The molecule has 3 fully saturated rings. The van der Waals surface area contributed by atoms with E-state index in [1.165, 1.54) is 24.9 Å². The lowest BCUT2D eigenvalue weighted by molar-refractivity contribution is -0.127. The van der Waals surface area contributed by atoms with Crippen LogP contribution in [0.25, 0.3) is 0 Å². The lowest BCUT2D eigenvalue weighted by Gasteiger charge is -2.28. The van der Waals surface area contributed by atoms with Gasteiger partial charge < -0.3 is 16.0 Å². The second-order valence-electron chi connectivity index (χ2n) is 7.21. The minimum absolute atomic E-state index is 0.0597. The zero-order valence-electron chi connectivity index (χ0n) is 12.9. The molecule has 1 saturated heterocycles. The molecule has 4 nitrogen and oxygen atoms in total. The molecule has 2 bridgehead atoms. The number of rotatable bonds is 3. The van der Waals surface area contributed by atoms with Crippen molar-refractivity contribution in [2.24, 2.45) is 23.5 Å². The fourth-order valence-corrected chi connectivity index (χ4v) is 4.77. The Balaban J connectivity index is 1.36. The molecule has 0 spiro atoms. The first-order chi connectivity index (χ1) is 10.7. The average molecular weight is 299 g/mol. The molecule has 2 aliphatic carbocycles. The van der Waals surface area contributed by atoms with Gasteiger partial charge >= 0.3 is 0 Å². The molecule has 1 heterocycles. The highest BCUT2D eigenvalue weighted by Gasteiger charge is 2.49. The minimum atomic E-state index is 0.0597. The molecule has 4 rings (SSSR count). The van der Waals surface area contributed by atoms with E-state index in [1.54, 1.807) is 0 Å². The van der Waals surface area contributed by atoms with E-state index >= 15 is 0 Å².